The average Bonchev–Trinajstić information content (AvgIpc) is 3.26. The molecule has 0 saturated heterocycles. The number of carbonyl (C=O) groups excluding carboxylic acids is 2. The second-order valence-electron chi connectivity index (χ2n) is 6.02. The number of aromatic nitrogens is 2. The number of amides is 2. The van der Waals surface area contributed by atoms with Crippen LogP contribution in [0, 0.1) is 0 Å². The molecule has 2 amide bonds. The highest BCUT2D eigenvalue weighted by Crippen LogP contribution is 2.34. The van der Waals surface area contributed by atoms with Crippen LogP contribution in [0.1, 0.15) is 37.8 Å². The van der Waals surface area contributed by atoms with Crippen LogP contribution in [-0.2, 0) is 12.8 Å². The second-order valence-corrected chi connectivity index (χ2v) is 7.43. The van der Waals surface area contributed by atoms with Crippen molar-refractivity contribution in [2.45, 2.75) is 19.3 Å². The van der Waals surface area contributed by atoms with E-state index in [1.807, 2.05) is 0 Å². The first kappa shape index (κ1) is 14.8. The lowest BCUT2D eigenvalue weighted by Crippen LogP contribution is -2.31. The van der Waals surface area contributed by atoms with Gasteiger partial charge in [-0.15, -0.1) is 0 Å². The minimum atomic E-state index is -0.504. The van der Waals surface area contributed by atoms with Crippen molar-refractivity contribution < 1.29 is 9.59 Å². The van der Waals surface area contributed by atoms with E-state index in [4.69, 9.17) is 11.6 Å². The zero-order chi connectivity index (χ0) is 17.3. The van der Waals surface area contributed by atoms with Crippen LogP contribution in [0.2, 0.25) is 5.02 Å². The molecule has 1 aliphatic carbocycles. The van der Waals surface area contributed by atoms with E-state index in [9.17, 15) is 14.4 Å². The zero-order valence-electron chi connectivity index (χ0n) is 12.8. The van der Waals surface area contributed by atoms with Crippen LogP contribution in [0.4, 0.5) is 5.69 Å². The Bertz CT molecular complexity index is 1150. The Labute approximate surface area is 150 Å². The van der Waals surface area contributed by atoms with Gasteiger partial charge in [-0.1, -0.05) is 22.9 Å². The largest absolute Gasteiger partial charge is 0.284 e. The molecule has 3 aromatic rings. The fourth-order valence-electron chi connectivity index (χ4n) is 3.44. The maximum atomic E-state index is 12.9. The highest BCUT2D eigenvalue weighted by molar-refractivity contribution is 7.19. The Hall–Kier alpha value is -2.51. The predicted octanol–water partition coefficient (Wildman–Crippen LogP) is 2.70. The van der Waals surface area contributed by atoms with Crippen molar-refractivity contribution >= 4 is 45.4 Å². The van der Waals surface area contributed by atoms with Crippen molar-refractivity contribution in [2.75, 3.05) is 4.90 Å². The first-order valence-electron chi connectivity index (χ1n) is 7.78. The number of hydrogen-bond acceptors (Lipinski definition) is 5. The number of rotatable bonds is 1. The van der Waals surface area contributed by atoms with Gasteiger partial charge in [0.2, 0.25) is 0 Å². The number of thiazole rings is 1. The van der Waals surface area contributed by atoms with Gasteiger partial charge in [-0.3, -0.25) is 14.4 Å². The fourth-order valence-corrected chi connectivity index (χ4v) is 4.62. The first-order valence-corrected chi connectivity index (χ1v) is 8.97. The van der Waals surface area contributed by atoms with Crippen LogP contribution >= 0.6 is 22.9 Å². The standard InChI is InChI=1S/C17H10ClN3O3S/c18-8-4-6-9(7-5-8)20-15(23)12-13(16(20)24)25-17-19-11-3-1-2-10(11)14(22)21(12)17/h4-7H,1-3H2. The maximum Gasteiger partial charge on any atom is 0.284 e. The van der Waals surface area contributed by atoms with Crippen LogP contribution in [0.5, 0.6) is 0 Å². The van der Waals surface area contributed by atoms with Gasteiger partial charge in [-0.2, -0.15) is 0 Å². The SMILES string of the molecule is O=C1c2sc3nc4c(c(=O)n3c2C(=O)N1c1ccc(Cl)cc1)CCC4. The summed E-state index contributed by atoms with van der Waals surface area (Å²) < 4.78 is 1.31. The third-order valence-corrected chi connectivity index (χ3v) is 5.87. The number of imide groups is 1. The molecular weight excluding hydrogens is 362 g/mol. The molecule has 3 heterocycles. The molecule has 2 aromatic heterocycles. The molecule has 0 atom stereocenters. The molecule has 2 aliphatic rings. The first-order chi connectivity index (χ1) is 12.1. The molecule has 6 nitrogen and oxygen atoms in total. The quantitative estimate of drug-likeness (QED) is 0.616. The zero-order valence-corrected chi connectivity index (χ0v) is 14.4. The summed E-state index contributed by atoms with van der Waals surface area (Å²) in [5.74, 6) is -0.937. The summed E-state index contributed by atoms with van der Waals surface area (Å²) in [6, 6.07) is 6.44. The van der Waals surface area contributed by atoms with E-state index in [2.05, 4.69) is 4.98 Å². The van der Waals surface area contributed by atoms with Crippen LogP contribution in [0.25, 0.3) is 4.96 Å². The van der Waals surface area contributed by atoms with Crippen LogP contribution < -0.4 is 10.5 Å². The maximum absolute atomic E-state index is 12.9. The molecule has 5 rings (SSSR count). The molecule has 0 radical (unpaired) electrons. The molecule has 8 heteroatoms. The minimum absolute atomic E-state index is 0.118. The van der Waals surface area contributed by atoms with E-state index >= 15 is 0 Å². The van der Waals surface area contributed by atoms with Gasteiger partial charge in [-0.05, 0) is 43.5 Å². The smallest absolute Gasteiger partial charge is 0.269 e. The highest BCUT2D eigenvalue weighted by Gasteiger charge is 2.42. The summed E-state index contributed by atoms with van der Waals surface area (Å²) in [7, 11) is 0. The molecule has 1 aromatic carbocycles. The van der Waals surface area contributed by atoms with E-state index in [1.165, 1.54) is 4.40 Å². The number of anilines is 1. The van der Waals surface area contributed by atoms with Gasteiger partial charge < -0.3 is 0 Å². The van der Waals surface area contributed by atoms with E-state index in [0.717, 1.165) is 34.8 Å². The van der Waals surface area contributed by atoms with Gasteiger partial charge in [0.15, 0.2) is 4.96 Å². The number of carbonyl (C=O) groups is 2. The van der Waals surface area contributed by atoms with Crippen molar-refractivity contribution in [2.24, 2.45) is 0 Å². The molecule has 0 bridgehead atoms. The summed E-state index contributed by atoms with van der Waals surface area (Å²) >= 11 is 6.97. The summed E-state index contributed by atoms with van der Waals surface area (Å²) in [5.41, 5.74) is 1.77. The Morgan fingerprint density at radius 3 is 2.56 bits per heavy atom. The summed E-state index contributed by atoms with van der Waals surface area (Å²) in [6.07, 6.45) is 2.32. The van der Waals surface area contributed by atoms with Gasteiger partial charge in [-0.25, -0.2) is 14.3 Å². The molecule has 0 spiro atoms. The van der Waals surface area contributed by atoms with Crippen molar-refractivity contribution in [3.05, 3.63) is 61.5 Å². The Morgan fingerprint density at radius 2 is 1.80 bits per heavy atom. The number of fused-ring (bicyclic) bond motifs is 4. The van der Waals surface area contributed by atoms with Gasteiger partial charge in [0.25, 0.3) is 17.4 Å². The van der Waals surface area contributed by atoms with Gasteiger partial charge in [0.1, 0.15) is 10.6 Å². The van der Waals surface area contributed by atoms with Crippen molar-refractivity contribution in [1.29, 1.82) is 0 Å². The number of aryl methyl sites for hydroxylation is 1. The lowest BCUT2D eigenvalue weighted by atomic mass is 10.2. The average molecular weight is 372 g/mol. The Morgan fingerprint density at radius 1 is 1.04 bits per heavy atom. The molecule has 0 fully saturated rings. The van der Waals surface area contributed by atoms with Crippen molar-refractivity contribution in [3.8, 4) is 0 Å². The molecule has 124 valence electrons. The highest BCUT2D eigenvalue weighted by atomic mass is 35.5. The lowest BCUT2D eigenvalue weighted by molar-refractivity contribution is 0.0925. The molecule has 0 saturated carbocycles. The minimum Gasteiger partial charge on any atom is -0.269 e. The van der Waals surface area contributed by atoms with Gasteiger partial charge in [0, 0.05) is 10.6 Å². The third-order valence-electron chi connectivity index (χ3n) is 4.59. The molecule has 25 heavy (non-hydrogen) atoms. The molecule has 0 N–H and O–H groups in total. The summed E-state index contributed by atoms with van der Waals surface area (Å²) in [6.45, 7) is 0. The number of nitrogens with zero attached hydrogens (tertiary/aromatic N) is 3. The topological polar surface area (TPSA) is 71.7 Å². The predicted molar refractivity (Wildman–Crippen MR) is 94.0 cm³/mol. The summed E-state index contributed by atoms with van der Waals surface area (Å²) in [4.78, 5) is 44.7. The third kappa shape index (κ3) is 1.90. The summed E-state index contributed by atoms with van der Waals surface area (Å²) in [5, 5.41) is 0.513. The van der Waals surface area contributed by atoms with Crippen molar-refractivity contribution in [1.82, 2.24) is 9.38 Å². The van der Waals surface area contributed by atoms with Crippen LogP contribution in [-0.4, -0.2) is 21.2 Å². The van der Waals surface area contributed by atoms with E-state index in [1.54, 1.807) is 24.3 Å². The van der Waals surface area contributed by atoms with Crippen molar-refractivity contribution in [3.63, 3.8) is 0 Å². The lowest BCUT2D eigenvalue weighted by Gasteiger charge is -2.14. The number of benzene rings is 1. The molecule has 0 unspecified atom stereocenters. The fraction of sp³-hybridized carbons (Fsp3) is 0.176. The second kappa shape index (κ2) is 5.00. The monoisotopic (exact) mass is 371 g/mol. The molecular formula is C17H10ClN3O3S. The van der Waals surface area contributed by atoms with E-state index in [-0.39, 0.29) is 16.1 Å². The Balaban J connectivity index is 1.73. The normalized spacial score (nSPS) is 16.0. The number of halogens is 1. The van der Waals surface area contributed by atoms with E-state index < -0.39 is 11.8 Å². The van der Waals surface area contributed by atoms with Crippen LogP contribution in [0.3, 0.4) is 0 Å². The van der Waals surface area contributed by atoms with Gasteiger partial charge in [0.05, 0.1) is 11.4 Å². The van der Waals surface area contributed by atoms with Crippen LogP contribution in [0.15, 0.2) is 29.1 Å². The molecule has 1 aliphatic heterocycles. The van der Waals surface area contributed by atoms with Gasteiger partial charge >= 0.3 is 0 Å². The van der Waals surface area contributed by atoms with E-state index in [0.29, 0.717) is 27.7 Å². The Kier molecular flexibility index (Phi) is 2.96. The number of hydrogen-bond donors (Lipinski definition) is 0.